The Morgan fingerprint density at radius 2 is 2.12 bits per heavy atom. The predicted molar refractivity (Wildman–Crippen MR) is 66.2 cm³/mol. The molecule has 1 heterocycles. The molecule has 2 rings (SSSR count). The van der Waals surface area contributed by atoms with Crippen LogP contribution in [-0.2, 0) is 0 Å². The van der Waals surface area contributed by atoms with Crippen molar-refractivity contribution in [2.45, 2.75) is 45.6 Å². The molecule has 88 valence electrons. The molecule has 1 atom stereocenters. The zero-order valence-electron chi connectivity index (χ0n) is 10.0. The molecule has 1 aromatic heterocycles. The molecule has 0 bridgehead atoms. The Kier molecular flexibility index (Phi) is 3.27. The van der Waals surface area contributed by atoms with Gasteiger partial charge in [0, 0.05) is 17.8 Å². The zero-order valence-corrected chi connectivity index (χ0v) is 10.0. The molecule has 4 nitrogen and oxygen atoms in total. The minimum absolute atomic E-state index is 0.340. The first-order valence-corrected chi connectivity index (χ1v) is 6.02. The molecule has 1 aliphatic rings. The maximum atomic E-state index is 5.59. The molecule has 16 heavy (non-hydrogen) atoms. The summed E-state index contributed by atoms with van der Waals surface area (Å²) >= 11 is 0. The standard InChI is InChI=1S/C12H20N4/c1-8-7-14-12(13)16-11(8)15-9(2)10-5-3-4-6-10/h7,9-10H,3-6H2,1-2H3,(H3,13,14,15,16). The first-order chi connectivity index (χ1) is 7.66. The summed E-state index contributed by atoms with van der Waals surface area (Å²) in [7, 11) is 0. The maximum Gasteiger partial charge on any atom is 0.221 e. The van der Waals surface area contributed by atoms with Gasteiger partial charge in [0.1, 0.15) is 5.82 Å². The highest BCUT2D eigenvalue weighted by molar-refractivity contribution is 5.45. The fraction of sp³-hybridized carbons (Fsp3) is 0.667. The van der Waals surface area contributed by atoms with Crippen molar-refractivity contribution in [2.24, 2.45) is 5.92 Å². The Balaban J connectivity index is 2.04. The van der Waals surface area contributed by atoms with Crippen LogP contribution in [0.5, 0.6) is 0 Å². The molecule has 0 saturated heterocycles. The van der Waals surface area contributed by atoms with Crippen LogP contribution in [-0.4, -0.2) is 16.0 Å². The third kappa shape index (κ3) is 2.43. The van der Waals surface area contributed by atoms with Crippen LogP contribution in [0.3, 0.4) is 0 Å². The van der Waals surface area contributed by atoms with E-state index in [0.717, 1.165) is 17.3 Å². The molecule has 0 aromatic carbocycles. The molecule has 3 N–H and O–H groups in total. The monoisotopic (exact) mass is 220 g/mol. The molecular weight excluding hydrogens is 200 g/mol. The number of aromatic nitrogens is 2. The second kappa shape index (κ2) is 4.68. The summed E-state index contributed by atoms with van der Waals surface area (Å²) in [6, 6.07) is 0.468. The number of aryl methyl sites for hydroxylation is 1. The second-order valence-electron chi connectivity index (χ2n) is 4.74. The van der Waals surface area contributed by atoms with Gasteiger partial charge in [-0.2, -0.15) is 4.98 Å². The van der Waals surface area contributed by atoms with Gasteiger partial charge in [0.2, 0.25) is 5.95 Å². The Hall–Kier alpha value is -1.32. The number of hydrogen-bond donors (Lipinski definition) is 2. The quantitative estimate of drug-likeness (QED) is 0.820. The Morgan fingerprint density at radius 3 is 2.81 bits per heavy atom. The minimum atomic E-state index is 0.340. The average Bonchev–Trinajstić information content (AvgIpc) is 2.76. The van der Waals surface area contributed by atoms with E-state index in [9.17, 15) is 0 Å². The second-order valence-corrected chi connectivity index (χ2v) is 4.74. The van der Waals surface area contributed by atoms with Crippen molar-refractivity contribution in [1.29, 1.82) is 0 Å². The molecule has 1 fully saturated rings. The normalized spacial score (nSPS) is 18.6. The third-order valence-electron chi connectivity index (χ3n) is 3.46. The number of nitrogens with one attached hydrogen (secondary N) is 1. The van der Waals surface area contributed by atoms with Crippen molar-refractivity contribution in [3.05, 3.63) is 11.8 Å². The summed E-state index contributed by atoms with van der Waals surface area (Å²) in [4.78, 5) is 8.21. The molecular formula is C12H20N4. The van der Waals surface area contributed by atoms with Gasteiger partial charge in [-0.1, -0.05) is 12.8 Å². The highest BCUT2D eigenvalue weighted by Gasteiger charge is 2.22. The number of anilines is 2. The van der Waals surface area contributed by atoms with Gasteiger partial charge in [-0.25, -0.2) is 4.98 Å². The molecule has 0 radical (unpaired) electrons. The lowest BCUT2D eigenvalue weighted by atomic mass is 10.00. The summed E-state index contributed by atoms with van der Waals surface area (Å²) < 4.78 is 0. The topological polar surface area (TPSA) is 63.8 Å². The largest absolute Gasteiger partial charge is 0.368 e. The minimum Gasteiger partial charge on any atom is -0.368 e. The number of nitrogen functional groups attached to an aromatic ring is 1. The van der Waals surface area contributed by atoms with Crippen LogP contribution in [0.15, 0.2) is 6.20 Å². The lowest BCUT2D eigenvalue weighted by Gasteiger charge is -2.21. The van der Waals surface area contributed by atoms with E-state index >= 15 is 0 Å². The number of nitrogens with two attached hydrogens (primary N) is 1. The Labute approximate surface area is 96.7 Å². The average molecular weight is 220 g/mol. The van der Waals surface area contributed by atoms with Crippen molar-refractivity contribution in [3.63, 3.8) is 0 Å². The van der Waals surface area contributed by atoms with Gasteiger partial charge < -0.3 is 11.1 Å². The number of rotatable bonds is 3. The summed E-state index contributed by atoms with van der Waals surface area (Å²) in [6.07, 6.45) is 7.15. The lowest BCUT2D eigenvalue weighted by molar-refractivity contribution is 0.481. The highest BCUT2D eigenvalue weighted by Crippen LogP contribution is 2.29. The smallest absolute Gasteiger partial charge is 0.221 e. The van der Waals surface area contributed by atoms with E-state index in [1.807, 2.05) is 6.92 Å². The summed E-state index contributed by atoms with van der Waals surface area (Å²) in [6.45, 7) is 4.23. The van der Waals surface area contributed by atoms with Crippen molar-refractivity contribution in [3.8, 4) is 0 Å². The molecule has 1 aliphatic carbocycles. The predicted octanol–water partition coefficient (Wildman–Crippen LogP) is 2.36. The van der Waals surface area contributed by atoms with Crippen molar-refractivity contribution in [1.82, 2.24) is 9.97 Å². The SMILES string of the molecule is Cc1cnc(N)nc1NC(C)C1CCCC1. The van der Waals surface area contributed by atoms with Gasteiger partial charge >= 0.3 is 0 Å². The molecule has 0 aliphatic heterocycles. The van der Waals surface area contributed by atoms with Crippen LogP contribution in [0.1, 0.15) is 38.2 Å². The van der Waals surface area contributed by atoms with E-state index in [2.05, 4.69) is 22.2 Å². The van der Waals surface area contributed by atoms with E-state index in [1.54, 1.807) is 6.20 Å². The molecule has 1 saturated carbocycles. The summed E-state index contributed by atoms with van der Waals surface area (Å²) in [5, 5.41) is 3.46. The first-order valence-electron chi connectivity index (χ1n) is 6.02. The van der Waals surface area contributed by atoms with Gasteiger partial charge in [0.05, 0.1) is 0 Å². The van der Waals surface area contributed by atoms with Gasteiger partial charge in [0.15, 0.2) is 0 Å². The molecule has 0 spiro atoms. The zero-order chi connectivity index (χ0) is 11.5. The molecule has 1 unspecified atom stereocenters. The molecule has 4 heteroatoms. The van der Waals surface area contributed by atoms with Crippen LogP contribution in [0.4, 0.5) is 11.8 Å². The van der Waals surface area contributed by atoms with Crippen LogP contribution in [0.2, 0.25) is 0 Å². The van der Waals surface area contributed by atoms with E-state index in [-0.39, 0.29) is 0 Å². The number of nitrogens with zero attached hydrogens (tertiary/aromatic N) is 2. The van der Waals surface area contributed by atoms with E-state index in [1.165, 1.54) is 25.7 Å². The van der Waals surface area contributed by atoms with Gasteiger partial charge in [0.25, 0.3) is 0 Å². The molecule has 0 amide bonds. The van der Waals surface area contributed by atoms with E-state index in [4.69, 9.17) is 5.73 Å². The van der Waals surface area contributed by atoms with Crippen molar-refractivity contribution in [2.75, 3.05) is 11.1 Å². The summed E-state index contributed by atoms with van der Waals surface area (Å²) in [5.41, 5.74) is 6.65. The molecule has 1 aromatic rings. The van der Waals surface area contributed by atoms with Crippen LogP contribution < -0.4 is 11.1 Å². The van der Waals surface area contributed by atoms with Crippen LogP contribution >= 0.6 is 0 Å². The Morgan fingerprint density at radius 1 is 1.44 bits per heavy atom. The van der Waals surface area contributed by atoms with Gasteiger partial charge in [-0.15, -0.1) is 0 Å². The van der Waals surface area contributed by atoms with Crippen LogP contribution in [0, 0.1) is 12.8 Å². The maximum absolute atomic E-state index is 5.59. The highest BCUT2D eigenvalue weighted by atomic mass is 15.1. The van der Waals surface area contributed by atoms with Crippen LogP contribution in [0.25, 0.3) is 0 Å². The van der Waals surface area contributed by atoms with E-state index < -0.39 is 0 Å². The first kappa shape index (κ1) is 11.2. The van der Waals surface area contributed by atoms with Crippen molar-refractivity contribution < 1.29 is 0 Å². The van der Waals surface area contributed by atoms with Crippen molar-refractivity contribution >= 4 is 11.8 Å². The lowest BCUT2D eigenvalue weighted by Crippen LogP contribution is -2.25. The fourth-order valence-corrected chi connectivity index (χ4v) is 2.39. The van der Waals surface area contributed by atoms with Gasteiger partial charge in [-0.05, 0) is 32.6 Å². The van der Waals surface area contributed by atoms with E-state index in [0.29, 0.717) is 12.0 Å². The fourth-order valence-electron chi connectivity index (χ4n) is 2.39. The van der Waals surface area contributed by atoms with Gasteiger partial charge in [-0.3, -0.25) is 0 Å². The third-order valence-corrected chi connectivity index (χ3v) is 3.46. The number of hydrogen-bond acceptors (Lipinski definition) is 4. The summed E-state index contributed by atoms with van der Waals surface area (Å²) in [5.74, 6) is 1.99. The Bertz CT molecular complexity index is 358.